The molecule has 0 aromatic heterocycles. The second-order valence-electron chi connectivity index (χ2n) is 13.8. The molecule has 2 heterocycles. The molecule has 1 saturated heterocycles. The van der Waals surface area contributed by atoms with Gasteiger partial charge in [-0.05, 0) is 93.0 Å². The van der Waals surface area contributed by atoms with Gasteiger partial charge >= 0.3 is 5.97 Å². The Balaban J connectivity index is 1.18. The van der Waals surface area contributed by atoms with Crippen LogP contribution in [0.1, 0.15) is 72.1 Å². The number of aliphatic hydroxyl groups is 4. The van der Waals surface area contributed by atoms with Gasteiger partial charge in [-0.3, -0.25) is 0 Å². The van der Waals surface area contributed by atoms with Gasteiger partial charge in [0, 0.05) is 18.6 Å². The number of hydrogen-bond acceptors (Lipinski definition) is 9. The molecule has 0 unspecified atom stereocenters. The SMILES string of the molecule is CO[C@H]1[C@@H](O)[C@@H](C)O[C@@H](O[C@H]2CC[C@@]3(C)[C@H](CC[C@@H]4[C@@H]3C[C@@H](O)[C@]3(C)[C@@H](C5=CC(=O)OC5)CC[C@]43O)C2)[C@@H]1O. The predicted molar refractivity (Wildman–Crippen MR) is 139 cm³/mol. The highest BCUT2D eigenvalue weighted by molar-refractivity contribution is 5.85. The molecule has 6 aliphatic rings. The van der Waals surface area contributed by atoms with Gasteiger partial charge in [0.25, 0.3) is 0 Å². The molecule has 6 rings (SSSR count). The second kappa shape index (κ2) is 9.75. The molecule has 5 fully saturated rings. The van der Waals surface area contributed by atoms with Crippen molar-refractivity contribution in [3.05, 3.63) is 11.6 Å². The fraction of sp³-hybridized carbons (Fsp3) is 0.900. The molecule has 39 heavy (non-hydrogen) atoms. The van der Waals surface area contributed by atoms with Gasteiger partial charge in [-0.25, -0.2) is 4.79 Å². The number of rotatable bonds is 4. The van der Waals surface area contributed by atoms with Crippen molar-refractivity contribution >= 4 is 5.97 Å². The van der Waals surface area contributed by atoms with E-state index in [9.17, 15) is 25.2 Å². The van der Waals surface area contributed by atoms with Crippen molar-refractivity contribution in [2.24, 2.45) is 34.5 Å². The first-order chi connectivity index (χ1) is 18.4. The zero-order chi connectivity index (χ0) is 27.9. The first-order valence-corrected chi connectivity index (χ1v) is 14.9. The summed E-state index contributed by atoms with van der Waals surface area (Å²) in [6, 6.07) is 0. The van der Waals surface area contributed by atoms with E-state index >= 15 is 0 Å². The monoisotopic (exact) mass is 550 g/mol. The number of fused-ring (bicyclic) bond motifs is 5. The van der Waals surface area contributed by atoms with Gasteiger partial charge in [-0.2, -0.15) is 0 Å². The van der Waals surface area contributed by atoms with E-state index in [4.69, 9.17) is 18.9 Å². The molecule has 14 atom stereocenters. The molecule has 0 spiro atoms. The molecule has 0 bridgehead atoms. The number of hydrogen-bond donors (Lipinski definition) is 4. The molecule has 0 radical (unpaired) electrons. The van der Waals surface area contributed by atoms with Crippen LogP contribution in [0.25, 0.3) is 0 Å². The molecule has 220 valence electrons. The quantitative estimate of drug-likeness (QED) is 0.307. The normalized spacial score (nSPS) is 55.3. The van der Waals surface area contributed by atoms with Crippen LogP contribution in [0, 0.1) is 34.5 Å². The van der Waals surface area contributed by atoms with Crippen LogP contribution in [0.4, 0.5) is 0 Å². The number of esters is 1. The molecular weight excluding hydrogens is 504 g/mol. The Labute approximate surface area is 230 Å². The molecule has 4 saturated carbocycles. The smallest absolute Gasteiger partial charge is 0.331 e. The summed E-state index contributed by atoms with van der Waals surface area (Å²) in [6.45, 7) is 6.40. The highest BCUT2D eigenvalue weighted by Crippen LogP contribution is 2.70. The first-order valence-electron chi connectivity index (χ1n) is 14.9. The second-order valence-corrected chi connectivity index (χ2v) is 13.8. The van der Waals surface area contributed by atoms with Gasteiger partial charge in [-0.1, -0.05) is 13.8 Å². The molecule has 0 aromatic rings. The maximum atomic E-state index is 12.4. The third kappa shape index (κ3) is 4.02. The third-order valence-electron chi connectivity index (χ3n) is 12.4. The van der Waals surface area contributed by atoms with Crippen LogP contribution in [0.5, 0.6) is 0 Å². The Morgan fingerprint density at radius 2 is 1.77 bits per heavy atom. The number of aliphatic hydroxyl groups excluding tert-OH is 3. The third-order valence-corrected chi connectivity index (χ3v) is 12.4. The van der Waals surface area contributed by atoms with Crippen molar-refractivity contribution < 1.29 is 44.2 Å². The van der Waals surface area contributed by atoms with Crippen molar-refractivity contribution in [3.8, 4) is 0 Å². The highest BCUT2D eigenvalue weighted by atomic mass is 16.7. The van der Waals surface area contributed by atoms with Gasteiger partial charge in [-0.15, -0.1) is 0 Å². The Morgan fingerprint density at radius 1 is 1.00 bits per heavy atom. The lowest BCUT2D eigenvalue weighted by Gasteiger charge is -2.65. The van der Waals surface area contributed by atoms with Gasteiger partial charge in [0.2, 0.25) is 0 Å². The summed E-state index contributed by atoms with van der Waals surface area (Å²) in [4.78, 5) is 11.8. The van der Waals surface area contributed by atoms with Crippen molar-refractivity contribution in [3.63, 3.8) is 0 Å². The van der Waals surface area contributed by atoms with Crippen molar-refractivity contribution in [2.45, 2.75) is 121 Å². The van der Waals surface area contributed by atoms with Crippen molar-refractivity contribution in [1.29, 1.82) is 0 Å². The minimum Gasteiger partial charge on any atom is -0.458 e. The van der Waals surface area contributed by atoms with Gasteiger partial charge in [0.15, 0.2) is 6.29 Å². The molecule has 2 aliphatic heterocycles. The Morgan fingerprint density at radius 3 is 2.46 bits per heavy atom. The van der Waals surface area contributed by atoms with E-state index < -0.39 is 47.8 Å². The lowest BCUT2D eigenvalue weighted by molar-refractivity contribution is -0.314. The highest BCUT2D eigenvalue weighted by Gasteiger charge is 2.70. The summed E-state index contributed by atoms with van der Waals surface area (Å²) in [5, 5.41) is 45.2. The fourth-order valence-corrected chi connectivity index (χ4v) is 10.1. The minimum absolute atomic E-state index is 0.0325. The molecular formula is C30H46O9. The van der Waals surface area contributed by atoms with Crippen LogP contribution in [-0.4, -0.2) is 88.6 Å². The topological polar surface area (TPSA) is 135 Å². The number of methoxy groups -OCH3 is 1. The summed E-state index contributed by atoms with van der Waals surface area (Å²) in [7, 11) is 1.47. The van der Waals surface area contributed by atoms with Crippen LogP contribution in [0.2, 0.25) is 0 Å². The lowest BCUT2D eigenvalue weighted by Crippen LogP contribution is -2.67. The average molecular weight is 551 g/mol. The number of cyclic esters (lactones) is 1. The predicted octanol–water partition coefficient (Wildman–Crippen LogP) is 2.08. The first kappa shape index (κ1) is 28.1. The van der Waals surface area contributed by atoms with E-state index in [1.54, 1.807) is 13.0 Å². The average Bonchev–Trinajstić information content (AvgIpc) is 3.44. The zero-order valence-corrected chi connectivity index (χ0v) is 23.6. The number of ether oxygens (including phenoxy) is 4. The van der Waals surface area contributed by atoms with Gasteiger partial charge < -0.3 is 39.4 Å². The van der Waals surface area contributed by atoms with E-state index in [-0.39, 0.29) is 41.8 Å². The van der Waals surface area contributed by atoms with Gasteiger partial charge in [0.05, 0.1) is 23.9 Å². The van der Waals surface area contributed by atoms with Crippen LogP contribution >= 0.6 is 0 Å². The Hall–Kier alpha value is -1.07. The Kier molecular flexibility index (Phi) is 7.02. The van der Waals surface area contributed by atoms with Crippen molar-refractivity contribution in [1.82, 2.24) is 0 Å². The summed E-state index contributed by atoms with van der Waals surface area (Å²) in [6.07, 6.45) is 3.17. The van der Waals surface area contributed by atoms with Crippen LogP contribution in [0.3, 0.4) is 0 Å². The molecule has 4 N–H and O–H groups in total. The molecule has 0 aromatic carbocycles. The molecule has 4 aliphatic carbocycles. The zero-order valence-electron chi connectivity index (χ0n) is 23.6. The standard InChI is InChI=1S/C30H46O9/c1-15-24(33)26(36-4)25(34)27(38-15)39-18-7-9-28(2)17(12-18)5-6-20-21(28)13-22(31)29(3)19(8-10-30(20,29)35)16-11-23(32)37-14-16/h11,15,17-22,24-27,31,33-35H,5-10,12-14H2,1-4H3/t15-,17-,18+,19-,20-,21+,22-,24+,25-,26+,27+,28+,29+,30+/m1/s1. The molecule has 9 heteroatoms. The number of carbonyl (C=O) groups excluding carboxylic acids is 1. The summed E-state index contributed by atoms with van der Waals surface area (Å²) in [5.41, 5.74) is -0.807. The minimum atomic E-state index is -1.07. The van der Waals surface area contributed by atoms with Gasteiger partial charge in [0.1, 0.15) is 24.9 Å². The maximum Gasteiger partial charge on any atom is 0.331 e. The van der Waals surface area contributed by atoms with E-state index in [2.05, 4.69) is 6.92 Å². The van der Waals surface area contributed by atoms with Crippen LogP contribution < -0.4 is 0 Å². The fourth-order valence-electron chi connectivity index (χ4n) is 10.1. The van der Waals surface area contributed by atoms with E-state index in [1.165, 1.54) is 7.11 Å². The summed E-state index contributed by atoms with van der Waals surface area (Å²) in [5.74, 6) is 0.290. The van der Waals surface area contributed by atoms with E-state index in [1.807, 2.05) is 6.92 Å². The molecule has 9 nitrogen and oxygen atoms in total. The van der Waals surface area contributed by atoms with E-state index in [0.717, 1.165) is 44.1 Å². The van der Waals surface area contributed by atoms with Crippen LogP contribution in [-0.2, 0) is 23.7 Å². The summed E-state index contributed by atoms with van der Waals surface area (Å²) < 4.78 is 22.7. The number of carbonyl (C=O) groups is 1. The lowest BCUT2D eigenvalue weighted by atomic mass is 9.42. The van der Waals surface area contributed by atoms with E-state index in [0.29, 0.717) is 18.8 Å². The van der Waals surface area contributed by atoms with Crippen molar-refractivity contribution in [2.75, 3.05) is 13.7 Å². The summed E-state index contributed by atoms with van der Waals surface area (Å²) >= 11 is 0. The maximum absolute atomic E-state index is 12.4. The molecule has 0 amide bonds. The largest absolute Gasteiger partial charge is 0.458 e. The Bertz CT molecular complexity index is 1000. The van der Waals surface area contributed by atoms with Crippen LogP contribution in [0.15, 0.2) is 11.6 Å².